The molecule has 0 N–H and O–H groups in total. The zero-order valence-electron chi connectivity index (χ0n) is 14.9. The number of hydrogen-bond donors (Lipinski definition) is 0. The lowest BCUT2D eigenvalue weighted by Gasteiger charge is -2.49. The minimum absolute atomic E-state index is 0.880. The minimum atomic E-state index is 0.880. The Morgan fingerprint density at radius 3 is 2.24 bits per heavy atom. The Morgan fingerprint density at radius 2 is 1.76 bits per heavy atom. The highest BCUT2D eigenvalue weighted by Crippen LogP contribution is 2.57. The maximum Gasteiger partial charge on any atom is 0.0174 e. The quantitative estimate of drug-likeness (QED) is 0.553. The van der Waals surface area contributed by atoms with Crippen LogP contribution in [0, 0.1) is 29.6 Å². The van der Waals surface area contributed by atoms with Gasteiger partial charge in [0.25, 0.3) is 0 Å². The minimum Gasteiger partial charge on any atom is -0.296 e. The Balaban J connectivity index is 1.48. The predicted molar refractivity (Wildman–Crippen MR) is 91.4 cm³/mol. The molecule has 0 radical (unpaired) electrons. The van der Waals surface area contributed by atoms with Crippen LogP contribution in [0.3, 0.4) is 0 Å². The fourth-order valence-electron chi connectivity index (χ4n) is 5.76. The van der Waals surface area contributed by atoms with Crippen LogP contribution in [-0.2, 0) is 0 Å². The van der Waals surface area contributed by atoms with Crippen LogP contribution in [0.5, 0.6) is 0 Å². The summed E-state index contributed by atoms with van der Waals surface area (Å²) >= 11 is 0. The maximum atomic E-state index is 2.88. The van der Waals surface area contributed by atoms with E-state index in [1.54, 1.807) is 0 Å². The summed E-state index contributed by atoms with van der Waals surface area (Å²) in [5, 5.41) is 0. The van der Waals surface area contributed by atoms with E-state index in [9.17, 15) is 0 Å². The van der Waals surface area contributed by atoms with E-state index in [1.807, 2.05) is 0 Å². The van der Waals surface area contributed by atoms with E-state index in [0.717, 1.165) is 41.7 Å². The van der Waals surface area contributed by atoms with Crippen molar-refractivity contribution in [2.24, 2.45) is 29.6 Å². The number of nitrogens with zero attached hydrogens (tertiary/aromatic N) is 1. The van der Waals surface area contributed by atoms with Gasteiger partial charge in [-0.3, -0.25) is 4.90 Å². The molecular formula is C20H37N. The van der Waals surface area contributed by atoms with E-state index in [0.29, 0.717) is 0 Å². The fraction of sp³-hybridized carbons (Fsp3) is 1.00. The van der Waals surface area contributed by atoms with E-state index < -0.39 is 0 Å². The molecule has 2 saturated carbocycles. The summed E-state index contributed by atoms with van der Waals surface area (Å²) in [5.41, 5.74) is 0. The molecule has 0 bridgehead atoms. The summed E-state index contributed by atoms with van der Waals surface area (Å²) < 4.78 is 0. The molecule has 1 heterocycles. The van der Waals surface area contributed by atoms with Crippen LogP contribution in [0.4, 0.5) is 0 Å². The second kappa shape index (κ2) is 6.60. The van der Waals surface area contributed by atoms with Crippen molar-refractivity contribution in [1.29, 1.82) is 0 Å². The molecule has 0 aromatic heterocycles. The van der Waals surface area contributed by atoms with Crippen molar-refractivity contribution in [2.75, 3.05) is 6.54 Å². The molecule has 0 aromatic rings. The molecule has 0 spiro atoms. The second-order valence-corrected chi connectivity index (χ2v) is 8.34. The van der Waals surface area contributed by atoms with Crippen LogP contribution in [0.25, 0.3) is 0 Å². The van der Waals surface area contributed by atoms with Gasteiger partial charge in [0, 0.05) is 18.6 Å². The van der Waals surface area contributed by atoms with Gasteiger partial charge in [0.05, 0.1) is 0 Å². The van der Waals surface area contributed by atoms with Gasteiger partial charge < -0.3 is 0 Å². The van der Waals surface area contributed by atoms with Crippen molar-refractivity contribution in [3.8, 4) is 0 Å². The molecule has 122 valence electrons. The molecule has 3 aliphatic rings. The van der Waals surface area contributed by atoms with E-state index in [1.165, 1.54) is 57.9 Å². The van der Waals surface area contributed by atoms with E-state index >= 15 is 0 Å². The molecule has 6 unspecified atom stereocenters. The van der Waals surface area contributed by atoms with Crippen LogP contribution in [0.2, 0.25) is 0 Å². The normalized spacial score (nSPS) is 39.6. The van der Waals surface area contributed by atoms with Gasteiger partial charge in [-0.25, -0.2) is 0 Å². The zero-order valence-corrected chi connectivity index (χ0v) is 14.9. The third-order valence-electron chi connectivity index (χ3n) is 7.21. The Morgan fingerprint density at radius 1 is 1.05 bits per heavy atom. The average Bonchev–Trinajstić information content (AvgIpc) is 2.98. The van der Waals surface area contributed by atoms with Crippen molar-refractivity contribution in [1.82, 2.24) is 4.90 Å². The lowest BCUT2D eigenvalue weighted by molar-refractivity contribution is 0.00344. The summed E-state index contributed by atoms with van der Waals surface area (Å²) in [6, 6.07) is 1.89. The second-order valence-electron chi connectivity index (χ2n) is 8.34. The van der Waals surface area contributed by atoms with Crippen LogP contribution in [0.15, 0.2) is 0 Å². The first kappa shape index (κ1) is 15.8. The Bertz CT molecular complexity index is 333. The summed E-state index contributed by atoms with van der Waals surface area (Å²) in [5.74, 6) is 5.28. The summed E-state index contributed by atoms with van der Waals surface area (Å²) in [6.45, 7) is 11.1. The largest absolute Gasteiger partial charge is 0.296 e. The van der Waals surface area contributed by atoms with Gasteiger partial charge in [-0.1, -0.05) is 52.9 Å². The molecule has 21 heavy (non-hydrogen) atoms. The van der Waals surface area contributed by atoms with E-state index in [4.69, 9.17) is 0 Å². The topological polar surface area (TPSA) is 3.24 Å². The van der Waals surface area contributed by atoms with Gasteiger partial charge in [-0.15, -0.1) is 0 Å². The number of fused-ring (bicyclic) bond motifs is 1. The number of hydrogen-bond acceptors (Lipinski definition) is 1. The van der Waals surface area contributed by atoms with Crippen molar-refractivity contribution in [2.45, 2.75) is 91.1 Å². The molecule has 3 rings (SSSR count). The van der Waals surface area contributed by atoms with Crippen LogP contribution in [-0.4, -0.2) is 23.5 Å². The fourth-order valence-corrected chi connectivity index (χ4v) is 5.76. The molecule has 2 aliphatic carbocycles. The zero-order chi connectivity index (χ0) is 15.0. The monoisotopic (exact) mass is 291 g/mol. The third-order valence-corrected chi connectivity index (χ3v) is 7.21. The first-order valence-electron chi connectivity index (χ1n) is 9.96. The predicted octanol–water partition coefficient (Wildman–Crippen LogP) is 5.35. The maximum absolute atomic E-state index is 2.88. The molecule has 1 saturated heterocycles. The Kier molecular flexibility index (Phi) is 4.98. The third kappa shape index (κ3) is 2.92. The molecule has 1 heteroatoms. The highest BCUT2D eigenvalue weighted by molar-refractivity contribution is 5.15. The van der Waals surface area contributed by atoms with Gasteiger partial charge in [0.2, 0.25) is 0 Å². The van der Waals surface area contributed by atoms with Gasteiger partial charge in [0.1, 0.15) is 0 Å². The van der Waals surface area contributed by atoms with Crippen LogP contribution < -0.4 is 0 Å². The van der Waals surface area contributed by atoms with E-state index in [2.05, 4.69) is 32.6 Å². The van der Waals surface area contributed by atoms with Crippen molar-refractivity contribution in [3.63, 3.8) is 0 Å². The standard InChI is InChI=1S/C20H37N/c1-5-8-15(9-6-2)12-16-10-11-18(16)14(4)21-13-19-17(7-3)20(19)21/h14-20H,5-13H2,1-4H3. The van der Waals surface area contributed by atoms with Crippen molar-refractivity contribution in [3.05, 3.63) is 0 Å². The lowest BCUT2D eigenvalue weighted by atomic mass is 9.65. The molecular weight excluding hydrogens is 254 g/mol. The van der Waals surface area contributed by atoms with Crippen LogP contribution in [0.1, 0.15) is 79.1 Å². The first-order valence-corrected chi connectivity index (χ1v) is 9.96. The molecule has 0 amide bonds. The summed E-state index contributed by atoms with van der Waals surface area (Å²) in [6.07, 6.45) is 11.7. The number of likely N-dealkylation sites (tertiary alicyclic amines) is 1. The smallest absolute Gasteiger partial charge is 0.0174 e. The average molecular weight is 292 g/mol. The molecule has 1 nitrogen and oxygen atoms in total. The molecule has 3 fully saturated rings. The highest BCUT2D eigenvalue weighted by atomic mass is 15.3. The Hall–Kier alpha value is -0.0400. The first-order chi connectivity index (χ1) is 10.2. The van der Waals surface area contributed by atoms with Gasteiger partial charge in [-0.05, 0) is 55.8 Å². The summed E-state index contributed by atoms with van der Waals surface area (Å²) in [4.78, 5) is 2.88. The lowest BCUT2D eigenvalue weighted by Crippen LogP contribution is -2.52. The SMILES string of the molecule is CCCC(CCC)CC1CCC1C(C)N1CC2C(CC)C21. The van der Waals surface area contributed by atoms with Crippen molar-refractivity contribution >= 4 is 0 Å². The van der Waals surface area contributed by atoms with Crippen LogP contribution >= 0.6 is 0 Å². The molecule has 6 atom stereocenters. The van der Waals surface area contributed by atoms with Gasteiger partial charge in [-0.2, -0.15) is 0 Å². The van der Waals surface area contributed by atoms with Crippen molar-refractivity contribution < 1.29 is 0 Å². The summed E-state index contributed by atoms with van der Waals surface area (Å²) in [7, 11) is 0. The van der Waals surface area contributed by atoms with E-state index in [-0.39, 0.29) is 0 Å². The molecule has 0 aromatic carbocycles. The van der Waals surface area contributed by atoms with Gasteiger partial charge in [0.15, 0.2) is 0 Å². The highest BCUT2D eigenvalue weighted by Gasteiger charge is 2.62. The molecule has 1 aliphatic heterocycles. The number of rotatable bonds is 9. The van der Waals surface area contributed by atoms with Gasteiger partial charge >= 0.3 is 0 Å². The Labute approximate surface area is 132 Å².